The molecule has 0 bridgehead atoms. The minimum atomic E-state index is 0.523. The van der Waals surface area contributed by atoms with Crippen LogP contribution in [0.3, 0.4) is 0 Å². The van der Waals surface area contributed by atoms with Crippen LogP contribution in [0.1, 0.15) is 19.0 Å². The Morgan fingerprint density at radius 3 is 2.63 bits per heavy atom. The van der Waals surface area contributed by atoms with Gasteiger partial charge in [-0.05, 0) is 66.8 Å². The van der Waals surface area contributed by atoms with Gasteiger partial charge in [-0.25, -0.2) is 4.98 Å². The molecule has 4 aromatic rings. The fraction of sp³-hybridized carbons (Fsp3) is 0.217. The van der Waals surface area contributed by atoms with Crippen molar-refractivity contribution < 1.29 is 0 Å². The minimum absolute atomic E-state index is 0.523. The van der Waals surface area contributed by atoms with Crippen LogP contribution in [-0.4, -0.2) is 16.5 Å². The van der Waals surface area contributed by atoms with Crippen LogP contribution < -0.4 is 11.5 Å². The number of nitrogens with two attached hydrogens (primary N) is 2. The molecule has 4 rings (SSSR count). The molecule has 0 spiro atoms. The molecule has 0 saturated carbocycles. The molecule has 0 radical (unpaired) electrons. The number of fused-ring (bicyclic) bond motifs is 2. The number of nitrogens with zero attached hydrogens (tertiary/aromatic N) is 2. The summed E-state index contributed by atoms with van der Waals surface area (Å²) in [6.07, 6.45) is 2.02. The largest absolute Gasteiger partial charge is 0.384 e. The number of hydrogen-bond acceptors (Lipinski definition) is 4. The van der Waals surface area contributed by atoms with E-state index in [1.165, 1.54) is 0 Å². The van der Waals surface area contributed by atoms with E-state index in [0.717, 1.165) is 58.0 Å². The van der Waals surface area contributed by atoms with E-state index in [9.17, 15) is 0 Å². The Morgan fingerprint density at radius 1 is 0.926 bits per heavy atom. The zero-order valence-corrected chi connectivity index (χ0v) is 15.5. The zero-order valence-electron chi connectivity index (χ0n) is 15.5. The van der Waals surface area contributed by atoms with Crippen molar-refractivity contribution in [3.8, 4) is 11.1 Å². The fourth-order valence-corrected chi connectivity index (χ4v) is 3.42. The molecule has 0 amide bonds. The third-order valence-electron chi connectivity index (χ3n) is 5.09. The van der Waals surface area contributed by atoms with Gasteiger partial charge in [0.1, 0.15) is 5.82 Å². The number of hydrogen-bond donors (Lipinski definition) is 2. The quantitative estimate of drug-likeness (QED) is 0.549. The number of rotatable bonds is 5. The highest BCUT2D eigenvalue weighted by Crippen LogP contribution is 2.31. The van der Waals surface area contributed by atoms with Crippen LogP contribution in [0.25, 0.3) is 32.9 Å². The number of para-hydroxylation sites is 1. The molecule has 0 fully saturated rings. The Bertz CT molecular complexity index is 1100. The summed E-state index contributed by atoms with van der Waals surface area (Å²) >= 11 is 0. The number of aryl methyl sites for hydroxylation is 1. The molecule has 0 aliphatic heterocycles. The second-order valence-corrected chi connectivity index (χ2v) is 7.20. The summed E-state index contributed by atoms with van der Waals surface area (Å²) in [5, 5.41) is 2.23. The van der Waals surface area contributed by atoms with Crippen molar-refractivity contribution in [3.63, 3.8) is 0 Å². The van der Waals surface area contributed by atoms with Crippen molar-refractivity contribution in [2.75, 3.05) is 12.3 Å². The average Bonchev–Trinajstić information content (AvgIpc) is 2.70. The van der Waals surface area contributed by atoms with Gasteiger partial charge in [0.25, 0.3) is 0 Å². The summed E-state index contributed by atoms with van der Waals surface area (Å²) in [5.74, 6) is 1.06. The Hall–Kier alpha value is -2.98. The zero-order chi connectivity index (χ0) is 18.8. The molecular weight excluding hydrogens is 332 g/mol. The van der Waals surface area contributed by atoms with Gasteiger partial charge in [0.2, 0.25) is 0 Å². The molecule has 1 atom stereocenters. The highest BCUT2D eigenvalue weighted by atomic mass is 14.8. The van der Waals surface area contributed by atoms with E-state index in [1.54, 1.807) is 0 Å². The normalized spacial score (nSPS) is 12.5. The van der Waals surface area contributed by atoms with Gasteiger partial charge in [-0.2, -0.15) is 0 Å². The third kappa shape index (κ3) is 3.62. The lowest BCUT2D eigenvalue weighted by atomic mass is 9.99. The van der Waals surface area contributed by atoms with Crippen LogP contribution in [0.5, 0.6) is 0 Å². The van der Waals surface area contributed by atoms with Gasteiger partial charge in [-0.1, -0.05) is 37.3 Å². The Labute approximate surface area is 159 Å². The summed E-state index contributed by atoms with van der Waals surface area (Å²) in [7, 11) is 0. The van der Waals surface area contributed by atoms with E-state index in [-0.39, 0.29) is 0 Å². The maximum absolute atomic E-state index is 6.03. The average molecular weight is 356 g/mol. The monoisotopic (exact) mass is 356 g/mol. The number of benzene rings is 2. The predicted molar refractivity (Wildman–Crippen MR) is 113 cm³/mol. The maximum atomic E-state index is 6.03. The minimum Gasteiger partial charge on any atom is -0.384 e. The van der Waals surface area contributed by atoms with Gasteiger partial charge in [-0.15, -0.1) is 0 Å². The van der Waals surface area contributed by atoms with E-state index in [1.807, 2.05) is 24.3 Å². The van der Waals surface area contributed by atoms with Crippen molar-refractivity contribution in [1.82, 2.24) is 9.97 Å². The van der Waals surface area contributed by atoms with Gasteiger partial charge < -0.3 is 11.5 Å². The highest BCUT2D eigenvalue weighted by Gasteiger charge is 2.08. The first-order valence-corrected chi connectivity index (χ1v) is 9.39. The number of anilines is 1. The molecule has 4 heteroatoms. The lowest BCUT2D eigenvalue weighted by Gasteiger charge is -2.10. The fourth-order valence-electron chi connectivity index (χ4n) is 3.42. The molecule has 2 aromatic carbocycles. The highest BCUT2D eigenvalue weighted by molar-refractivity contribution is 5.98. The molecule has 4 nitrogen and oxygen atoms in total. The molecule has 2 heterocycles. The van der Waals surface area contributed by atoms with Gasteiger partial charge in [0.15, 0.2) is 0 Å². The van der Waals surface area contributed by atoms with E-state index in [2.05, 4.69) is 48.3 Å². The summed E-state index contributed by atoms with van der Waals surface area (Å²) in [4.78, 5) is 9.25. The standard InChI is InChI=1S/C23H24N4/c1-15(14-24)6-9-18-10-7-17-12-16(8-11-21(17)26-18)20-13-23(25)27-22-5-3-2-4-19(20)22/h2-5,7-8,10-13,15H,6,9,14,24H2,1H3,(H2,25,27). The predicted octanol–water partition coefficient (Wildman–Crippen LogP) is 4.56. The van der Waals surface area contributed by atoms with Crippen molar-refractivity contribution in [2.24, 2.45) is 11.7 Å². The van der Waals surface area contributed by atoms with E-state index >= 15 is 0 Å². The summed E-state index contributed by atoms with van der Waals surface area (Å²) in [5.41, 5.74) is 17.0. The van der Waals surface area contributed by atoms with Crippen LogP contribution in [0.15, 0.2) is 60.7 Å². The van der Waals surface area contributed by atoms with Crippen molar-refractivity contribution >= 4 is 27.6 Å². The smallest absolute Gasteiger partial charge is 0.124 e. The Morgan fingerprint density at radius 2 is 1.78 bits per heavy atom. The summed E-state index contributed by atoms with van der Waals surface area (Å²) < 4.78 is 0. The maximum Gasteiger partial charge on any atom is 0.124 e. The number of pyridine rings is 2. The third-order valence-corrected chi connectivity index (χ3v) is 5.09. The summed E-state index contributed by atoms with van der Waals surface area (Å²) in [6, 6.07) is 20.7. The molecule has 0 aliphatic rings. The molecule has 2 aromatic heterocycles. The van der Waals surface area contributed by atoms with Crippen LogP contribution >= 0.6 is 0 Å². The number of nitrogen functional groups attached to an aromatic ring is 1. The molecule has 0 saturated heterocycles. The van der Waals surface area contributed by atoms with Crippen LogP contribution in [0.2, 0.25) is 0 Å². The van der Waals surface area contributed by atoms with Crippen LogP contribution in [0.4, 0.5) is 5.82 Å². The van der Waals surface area contributed by atoms with Gasteiger partial charge in [0, 0.05) is 16.5 Å². The van der Waals surface area contributed by atoms with Crippen molar-refractivity contribution in [1.29, 1.82) is 0 Å². The van der Waals surface area contributed by atoms with E-state index in [0.29, 0.717) is 11.7 Å². The van der Waals surface area contributed by atoms with Crippen LogP contribution in [0, 0.1) is 5.92 Å². The lowest BCUT2D eigenvalue weighted by Crippen LogP contribution is -2.11. The first-order valence-electron chi connectivity index (χ1n) is 9.39. The van der Waals surface area contributed by atoms with Gasteiger partial charge >= 0.3 is 0 Å². The molecular formula is C23H24N4. The first kappa shape index (κ1) is 17.4. The van der Waals surface area contributed by atoms with Crippen LogP contribution in [-0.2, 0) is 6.42 Å². The molecule has 136 valence electrons. The van der Waals surface area contributed by atoms with Crippen molar-refractivity contribution in [3.05, 3.63) is 66.4 Å². The second kappa shape index (κ2) is 7.33. The molecule has 4 N–H and O–H groups in total. The topological polar surface area (TPSA) is 77.8 Å². The first-order chi connectivity index (χ1) is 13.1. The SMILES string of the molecule is CC(CN)CCc1ccc2cc(-c3cc(N)nc4ccccc34)ccc2n1. The molecule has 1 unspecified atom stereocenters. The van der Waals surface area contributed by atoms with Gasteiger partial charge in [-0.3, -0.25) is 4.98 Å². The van der Waals surface area contributed by atoms with Crippen molar-refractivity contribution in [2.45, 2.75) is 19.8 Å². The Balaban J connectivity index is 1.72. The summed E-state index contributed by atoms with van der Waals surface area (Å²) in [6.45, 7) is 2.90. The molecule has 27 heavy (non-hydrogen) atoms. The Kier molecular flexibility index (Phi) is 4.73. The second-order valence-electron chi connectivity index (χ2n) is 7.20. The lowest BCUT2D eigenvalue weighted by molar-refractivity contribution is 0.541. The molecule has 0 aliphatic carbocycles. The van der Waals surface area contributed by atoms with E-state index < -0.39 is 0 Å². The number of aromatic nitrogens is 2. The van der Waals surface area contributed by atoms with Gasteiger partial charge in [0.05, 0.1) is 11.0 Å². The van der Waals surface area contributed by atoms with E-state index in [4.69, 9.17) is 16.5 Å².